The van der Waals surface area contributed by atoms with E-state index in [1.54, 1.807) is 6.07 Å². The molecule has 0 fully saturated rings. The number of hydrogen-bond acceptors (Lipinski definition) is 4. The number of carbonyl (C=O) groups is 1. The minimum atomic E-state index is -0.547. The zero-order valence-corrected chi connectivity index (χ0v) is 11.6. The summed E-state index contributed by atoms with van der Waals surface area (Å²) in [6, 6.07) is 5.07. The van der Waals surface area contributed by atoms with Gasteiger partial charge in [0.05, 0.1) is 5.39 Å². The van der Waals surface area contributed by atoms with Gasteiger partial charge in [0.15, 0.2) is 6.61 Å². The fraction of sp³-hybridized carbons (Fsp3) is 0.333. The zero-order valence-electron chi connectivity index (χ0n) is 11.6. The standard InChI is InChI=1S/C15H17NO4/c1-3-4-10-7-14(18)20-12-6-9(2)5-11(15(10)12)19-8-13(16)17/h5-7H,3-4,8H2,1-2H3,(H2,16,17). The van der Waals surface area contributed by atoms with Gasteiger partial charge in [-0.15, -0.1) is 0 Å². The molecule has 0 saturated carbocycles. The predicted octanol–water partition coefficient (Wildman–Crippen LogP) is 1.92. The number of hydrogen-bond donors (Lipinski definition) is 1. The summed E-state index contributed by atoms with van der Waals surface area (Å²) in [6.07, 6.45) is 1.62. The Morgan fingerprint density at radius 1 is 1.35 bits per heavy atom. The Kier molecular flexibility index (Phi) is 4.08. The lowest BCUT2D eigenvalue weighted by Crippen LogP contribution is -2.20. The minimum absolute atomic E-state index is 0.205. The molecule has 1 aromatic heterocycles. The van der Waals surface area contributed by atoms with Gasteiger partial charge in [0.2, 0.25) is 0 Å². The van der Waals surface area contributed by atoms with Crippen LogP contribution in [-0.4, -0.2) is 12.5 Å². The van der Waals surface area contributed by atoms with E-state index in [1.165, 1.54) is 6.07 Å². The second-order valence-corrected chi connectivity index (χ2v) is 4.73. The van der Waals surface area contributed by atoms with Crippen LogP contribution in [0.5, 0.6) is 5.75 Å². The Morgan fingerprint density at radius 3 is 2.75 bits per heavy atom. The van der Waals surface area contributed by atoms with Gasteiger partial charge in [0.1, 0.15) is 11.3 Å². The molecular weight excluding hydrogens is 258 g/mol. The van der Waals surface area contributed by atoms with Crippen LogP contribution < -0.4 is 16.1 Å². The maximum atomic E-state index is 11.6. The van der Waals surface area contributed by atoms with Crippen molar-refractivity contribution in [2.45, 2.75) is 26.7 Å². The van der Waals surface area contributed by atoms with Crippen molar-refractivity contribution in [1.29, 1.82) is 0 Å². The molecule has 0 atom stereocenters. The van der Waals surface area contributed by atoms with Crippen molar-refractivity contribution in [1.82, 2.24) is 0 Å². The summed E-state index contributed by atoms with van der Waals surface area (Å²) in [6.45, 7) is 3.69. The first-order chi connectivity index (χ1) is 9.51. The number of amides is 1. The summed E-state index contributed by atoms with van der Waals surface area (Å²) < 4.78 is 10.7. The van der Waals surface area contributed by atoms with Crippen molar-refractivity contribution in [2.24, 2.45) is 5.73 Å². The van der Waals surface area contributed by atoms with Gasteiger partial charge in [-0.05, 0) is 36.6 Å². The van der Waals surface area contributed by atoms with Crippen molar-refractivity contribution in [3.05, 3.63) is 39.7 Å². The van der Waals surface area contributed by atoms with E-state index in [1.807, 2.05) is 19.9 Å². The molecule has 1 amide bonds. The maximum Gasteiger partial charge on any atom is 0.336 e. The third-order valence-corrected chi connectivity index (χ3v) is 2.92. The predicted molar refractivity (Wildman–Crippen MR) is 75.9 cm³/mol. The summed E-state index contributed by atoms with van der Waals surface area (Å²) >= 11 is 0. The van der Waals surface area contributed by atoms with Crippen LogP contribution in [-0.2, 0) is 11.2 Å². The minimum Gasteiger partial charge on any atom is -0.483 e. The molecule has 2 rings (SSSR count). The smallest absolute Gasteiger partial charge is 0.336 e. The largest absolute Gasteiger partial charge is 0.483 e. The van der Waals surface area contributed by atoms with Gasteiger partial charge in [-0.2, -0.15) is 0 Å². The quantitative estimate of drug-likeness (QED) is 0.845. The molecule has 2 aromatic rings. The van der Waals surface area contributed by atoms with Crippen LogP contribution in [0.3, 0.4) is 0 Å². The van der Waals surface area contributed by atoms with Gasteiger partial charge in [0, 0.05) is 6.07 Å². The van der Waals surface area contributed by atoms with Crippen LogP contribution in [0, 0.1) is 6.92 Å². The summed E-state index contributed by atoms with van der Waals surface area (Å²) in [5, 5.41) is 0.735. The van der Waals surface area contributed by atoms with E-state index in [-0.39, 0.29) is 12.2 Å². The van der Waals surface area contributed by atoms with Gasteiger partial charge in [0.25, 0.3) is 5.91 Å². The summed E-state index contributed by atoms with van der Waals surface area (Å²) in [5.74, 6) is -0.0277. The van der Waals surface area contributed by atoms with E-state index in [0.717, 1.165) is 29.4 Å². The van der Waals surface area contributed by atoms with Gasteiger partial charge >= 0.3 is 5.63 Å². The molecule has 0 aliphatic carbocycles. The fourth-order valence-electron chi connectivity index (χ4n) is 2.20. The highest BCUT2D eigenvalue weighted by atomic mass is 16.5. The second-order valence-electron chi connectivity index (χ2n) is 4.73. The highest BCUT2D eigenvalue weighted by Crippen LogP contribution is 2.30. The molecule has 0 bridgehead atoms. The number of ether oxygens (including phenoxy) is 1. The van der Waals surface area contributed by atoms with Crippen molar-refractivity contribution in [3.8, 4) is 5.75 Å². The SMILES string of the molecule is CCCc1cc(=O)oc2cc(C)cc(OCC(N)=O)c12. The van der Waals surface area contributed by atoms with Crippen LogP contribution in [0.15, 0.2) is 27.4 Å². The van der Waals surface area contributed by atoms with Crippen molar-refractivity contribution >= 4 is 16.9 Å². The molecule has 0 spiro atoms. The molecule has 0 unspecified atom stereocenters. The molecule has 5 heteroatoms. The van der Waals surface area contributed by atoms with E-state index in [4.69, 9.17) is 14.9 Å². The van der Waals surface area contributed by atoms with Crippen LogP contribution in [0.4, 0.5) is 0 Å². The molecule has 1 aromatic carbocycles. The number of fused-ring (bicyclic) bond motifs is 1. The number of nitrogens with two attached hydrogens (primary N) is 1. The van der Waals surface area contributed by atoms with Crippen LogP contribution in [0.25, 0.3) is 11.0 Å². The van der Waals surface area contributed by atoms with Crippen molar-refractivity contribution in [3.63, 3.8) is 0 Å². The van der Waals surface area contributed by atoms with Gasteiger partial charge in [-0.3, -0.25) is 4.79 Å². The lowest BCUT2D eigenvalue weighted by molar-refractivity contribution is -0.119. The van der Waals surface area contributed by atoms with E-state index >= 15 is 0 Å². The Bertz CT molecular complexity index is 703. The fourth-order valence-corrected chi connectivity index (χ4v) is 2.20. The molecule has 1 heterocycles. The Hall–Kier alpha value is -2.30. The van der Waals surface area contributed by atoms with Gasteiger partial charge in [-0.1, -0.05) is 13.3 Å². The van der Waals surface area contributed by atoms with E-state index in [9.17, 15) is 9.59 Å². The van der Waals surface area contributed by atoms with Crippen LogP contribution in [0.1, 0.15) is 24.5 Å². The lowest BCUT2D eigenvalue weighted by atomic mass is 10.0. The zero-order chi connectivity index (χ0) is 14.7. The topological polar surface area (TPSA) is 82.5 Å². The third kappa shape index (κ3) is 2.99. The molecule has 0 radical (unpaired) electrons. The van der Waals surface area contributed by atoms with Crippen molar-refractivity contribution < 1.29 is 13.9 Å². The average Bonchev–Trinajstić information content (AvgIpc) is 2.35. The number of benzene rings is 1. The number of rotatable bonds is 5. The number of aryl methyl sites for hydroxylation is 2. The Labute approximate surface area is 116 Å². The molecule has 0 aliphatic heterocycles. The van der Waals surface area contributed by atoms with Gasteiger partial charge in [-0.25, -0.2) is 4.79 Å². The van der Waals surface area contributed by atoms with E-state index in [2.05, 4.69) is 0 Å². The molecule has 2 N–H and O–H groups in total. The normalized spacial score (nSPS) is 10.7. The lowest BCUT2D eigenvalue weighted by Gasteiger charge is -2.11. The number of primary amides is 1. The molecule has 20 heavy (non-hydrogen) atoms. The number of carbonyl (C=O) groups excluding carboxylic acids is 1. The highest BCUT2D eigenvalue weighted by Gasteiger charge is 2.12. The molecule has 106 valence electrons. The second kappa shape index (κ2) is 5.77. The third-order valence-electron chi connectivity index (χ3n) is 2.92. The van der Waals surface area contributed by atoms with E-state index in [0.29, 0.717) is 11.3 Å². The monoisotopic (exact) mass is 275 g/mol. The highest BCUT2D eigenvalue weighted by molar-refractivity contribution is 5.88. The van der Waals surface area contributed by atoms with E-state index < -0.39 is 5.91 Å². The Morgan fingerprint density at radius 2 is 2.10 bits per heavy atom. The summed E-state index contributed by atoms with van der Waals surface area (Å²) in [4.78, 5) is 22.5. The maximum absolute atomic E-state index is 11.6. The average molecular weight is 275 g/mol. The molecular formula is C15H17NO4. The summed E-state index contributed by atoms with van der Waals surface area (Å²) in [5.41, 5.74) is 6.94. The first kappa shape index (κ1) is 14.1. The van der Waals surface area contributed by atoms with Crippen molar-refractivity contribution in [2.75, 3.05) is 6.61 Å². The first-order valence-electron chi connectivity index (χ1n) is 6.49. The molecule has 0 aliphatic rings. The summed E-state index contributed by atoms with van der Waals surface area (Å²) in [7, 11) is 0. The molecule has 0 saturated heterocycles. The van der Waals surface area contributed by atoms with Crippen LogP contribution >= 0.6 is 0 Å². The van der Waals surface area contributed by atoms with Crippen LogP contribution in [0.2, 0.25) is 0 Å². The molecule has 5 nitrogen and oxygen atoms in total. The first-order valence-corrected chi connectivity index (χ1v) is 6.49. The van der Waals surface area contributed by atoms with Gasteiger partial charge < -0.3 is 14.9 Å². The Balaban J connectivity index is 2.64.